The summed E-state index contributed by atoms with van der Waals surface area (Å²) in [5.74, 6) is 0.917. The van der Waals surface area contributed by atoms with Crippen LogP contribution in [0.4, 0.5) is 0 Å². The molecule has 0 aromatic heterocycles. The lowest BCUT2D eigenvalue weighted by Gasteiger charge is -2.01. The molecule has 0 aliphatic heterocycles. The van der Waals surface area contributed by atoms with Gasteiger partial charge in [0.2, 0.25) is 0 Å². The van der Waals surface area contributed by atoms with Crippen LogP contribution in [0.25, 0.3) is 6.08 Å². The standard InChI is InChI=1S/C9H9IO/c1-11-9-5-3-2-4-8(9)6-7-10/h2-7H,1H3. The Labute approximate surface area is 80.2 Å². The summed E-state index contributed by atoms with van der Waals surface area (Å²) in [6, 6.07) is 7.93. The van der Waals surface area contributed by atoms with E-state index < -0.39 is 0 Å². The van der Waals surface area contributed by atoms with E-state index in [4.69, 9.17) is 4.74 Å². The van der Waals surface area contributed by atoms with Crippen molar-refractivity contribution >= 4 is 28.7 Å². The van der Waals surface area contributed by atoms with Gasteiger partial charge in [-0.15, -0.1) is 0 Å². The van der Waals surface area contributed by atoms with Gasteiger partial charge in [-0.1, -0.05) is 40.8 Å². The van der Waals surface area contributed by atoms with Crippen LogP contribution in [0.3, 0.4) is 0 Å². The molecule has 0 aliphatic rings. The van der Waals surface area contributed by atoms with Gasteiger partial charge >= 0.3 is 0 Å². The van der Waals surface area contributed by atoms with Gasteiger partial charge in [-0.05, 0) is 16.2 Å². The third-order valence-corrected chi connectivity index (χ3v) is 1.74. The van der Waals surface area contributed by atoms with Gasteiger partial charge in [0.15, 0.2) is 0 Å². The van der Waals surface area contributed by atoms with Crippen LogP contribution in [0, 0.1) is 0 Å². The minimum atomic E-state index is 0.917. The third-order valence-electron chi connectivity index (χ3n) is 1.38. The van der Waals surface area contributed by atoms with E-state index in [0.29, 0.717) is 0 Å². The molecule has 0 saturated heterocycles. The van der Waals surface area contributed by atoms with E-state index in [1.165, 1.54) is 0 Å². The third kappa shape index (κ3) is 2.22. The van der Waals surface area contributed by atoms with Crippen LogP contribution >= 0.6 is 22.6 Å². The van der Waals surface area contributed by atoms with E-state index in [9.17, 15) is 0 Å². The highest BCUT2D eigenvalue weighted by Gasteiger charge is 1.94. The first-order valence-electron chi connectivity index (χ1n) is 3.28. The molecule has 0 unspecified atom stereocenters. The average molecular weight is 260 g/mol. The number of halogens is 1. The topological polar surface area (TPSA) is 9.23 Å². The predicted octanol–water partition coefficient (Wildman–Crippen LogP) is 3.10. The molecule has 0 aliphatic carbocycles. The van der Waals surface area contributed by atoms with Gasteiger partial charge in [-0.3, -0.25) is 0 Å². The van der Waals surface area contributed by atoms with Gasteiger partial charge in [0.1, 0.15) is 5.75 Å². The predicted molar refractivity (Wildman–Crippen MR) is 56.0 cm³/mol. The zero-order valence-corrected chi connectivity index (χ0v) is 8.41. The van der Waals surface area contributed by atoms with E-state index in [0.717, 1.165) is 11.3 Å². The van der Waals surface area contributed by atoms with Crippen LogP contribution in [0.1, 0.15) is 5.56 Å². The molecular weight excluding hydrogens is 251 g/mol. The van der Waals surface area contributed by atoms with E-state index in [2.05, 4.69) is 22.6 Å². The second-order valence-electron chi connectivity index (χ2n) is 2.03. The van der Waals surface area contributed by atoms with Crippen molar-refractivity contribution in [2.24, 2.45) is 0 Å². The minimum Gasteiger partial charge on any atom is -0.496 e. The molecule has 1 rings (SSSR count). The van der Waals surface area contributed by atoms with Crippen molar-refractivity contribution in [3.63, 3.8) is 0 Å². The first kappa shape index (κ1) is 8.59. The summed E-state index contributed by atoms with van der Waals surface area (Å²) >= 11 is 2.19. The van der Waals surface area contributed by atoms with Crippen molar-refractivity contribution in [3.05, 3.63) is 33.9 Å². The van der Waals surface area contributed by atoms with E-state index in [1.54, 1.807) is 7.11 Å². The Kier molecular flexibility index (Phi) is 3.42. The van der Waals surface area contributed by atoms with Gasteiger partial charge in [-0.2, -0.15) is 0 Å². The summed E-state index contributed by atoms with van der Waals surface area (Å²) in [6.45, 7) is 0. The monoisotopic (exact) mass is 260 g/mol. The Morgan fingerprint density at radius 3 is 2.73 bits per heavy atom. The van der Waals surface area contributed by atoms with Crippen molar-refractivity contribution in [1.29, 1.82) is 0 Å². The van der Waals surface area contributed by atoms with Crippen LogP contribution in [0.15, 0.2) is 28.3 Å². The SMILES string of the molecule is COc1ccccc1C=CI. The quantitative estimate of drug-likeness (QED) is 0.742. The molecule has 0 radical (unpaired) electrons. The van der Waals surface area contributed by atoms with Crippen LogP contribution in [-0.2, 0) is 0 Å². The highest BCUT2D eigenvalue weighted by Crippen LogP contribution is 2.18. The molecule has 0 amide bonds. The molecule has 2 heteroatoms. The Balaban J connectivity index is 3.02. The molecule has 0 bridgehead atoms. The smallest absolute Gasteiger partial charge is 0.126 e. The van der Waals surface area contributed by atoms with Gasteiger partial charge in [0, 0.05) is 5.56 Å². The van der Waals surface area contributed by atoms with Crippen molar-refractivity contribution < 1.29 is 4.74 Å². The minimum absolute atomic E-state index is 0.917. The lowest BCUT2D eigenvalue weighted by atomic mass is 10.2. The van der Waals surface area contributed by atoms with Gasteiger partial charge in [-0.25, -0.2) is 0 Å². The summed E-state index contributed by atoms with van der Waals surface area (Å²) < 4.78 is 7.11. The van der Waals surface area contributed by atoms with Crippen LogP contribution < -0.4 is 4.74 Å². The molecule has 0 atom stereocenters. The Morgan fingerprint density at radius 1 is 1.36 bits per heavy atom. The highest BCUT2D eigenvalue weighted by atomic mass is 127. The maximum atomic E-state index is 5.14. The Morgan fingerprint density at radius 2 is 2.09 bits per heavy atom. The van der Waals surface area contributed by atoms with Crippen molar-refractivity contribution in [1.82, 2.24) is 0 Å². The first-order valence-corrected chi connectivity index (χ1v) is 4.53. The molecule has 1 aromatic carbocycles. The van der Waals surface area contributed by atoms with E-state index in [1.807, 2.05) is 34.4 Å². The van der Waals surface area contributed by atoms with Gasteiger partial charge in [0.05, 0.1) is 7.11 Å². The molecular formula is C9H9IO. The fourth-order valence-corrected chi connectivity index (χ4v) is 1.26. The largest absolute Gasteiger partial charge is 0.496 e. The normalized spacial score (nSPS) is 10.4. The second-order valence-corrected chi connectivity index (χ2v) is 2.75. The zero-order chi connectivity index (χ0) is 8.10. The number of rotatable bonds is 2. The fourth-order valence-electron chi connectivity index (χ4n) is 0.872. The molecule has 58 valence electrons. The molecule has 0 N–H and O–H groups in total. The zero-order valence-electron chi connectivity index (χ0n) is 6.25. The number of methoxy groups -OCH3 is 1. The van der Waals surface area contributed by atoms with Crippen molar-refractivity contribution in [3.8, 4) is 5.75 Å². The second kappa shape index (κ2) is 4.38. The van der Waals surface area contributed by atoms with Crippen LogP contribution in [0.5, 0.6) is 5.75 Å². The van der Waals surface area contributed by atoms with Gasteiger partial charge < -0.3 is 4.74 Å². The fraction of sp³-hybridized carbons (Fsp3) is 0.111. The van der Waals surface area contributed by atoms with Crippen LogP contribution in [-0.4, -0.2) is 7.11 Å². The molecule has 0 heterocycles. The molecule has 11 heavy (non-hydrogen) atoms. The maximum absolute atomic E-state index is 5.14. The summed E-state index contributed by atoms with van der Waals surface area (Å²) in [5, 5.41) is 0. The number of ether oxygens (including phenoxy) is 1. The molecule has 1 aromatic rings. The highest BCUT2D eigenvalue weighted by molar-refractivity contribution is 14.1. The lowest BCUT2D eigenvalue weighted by Crippen LogP contribution is -1.84. The number of para-hydroxylation sites is 1. The van der Waals surface area contributed by atoms with Crippen molar-refractivity contribution in [2.75, 3.05) is 7.11 Å². The molecule has 0 fully saturated rings. The van der Waals surface area contributed by atoms with E-state index >= 15 is 0 Å². The molecule has 1 nitrogen and oxygen atoms in total. The van der Waals surface area contributed by atoms with Crippen molar-refractivity contribution in [2.45, 2.75) is 0 Å². The molecule has 0 spiro atoms. The Bertz CT molecular complexity index is 255. The maximum Gasteiger partial charge on any atom is 0.126 e. The molecule has 0 saturated carbocycles. The van der Waals surface area contributed by atoms with E-state index in [-0.39, 0.29) is 0 Å². The summed E-state index contributed by atoms with van der Waals surface area (Å²) in [4.78, 5) is 0. The summed E-state index contributed by atoms with van der Waals surface area (Å²) in [5.41, 5.74) is 1.12. The number of hydrogen-bond acceptors (Lipinski definition) is 1. The Hall–Kier alpha value is -0.510. The number of hydrogen-bond donors (Lipinski definition) is 0. The van der Waals surface area contributed by atoms with Gasteiger partial charge in [0.25, 0.3) is 0 Å². The number of benzene rings is 1. The lowest BCUT2D eigenvalue weighted by molar-refractivity contribution is 0.414. The van der Waals surface area contributed by atoms with Crippen LogP contribution in [0.2, 0.25) is 0 Å². The first-order chi connectivity index (χ1) is 5.38. The summed E-state index contributed by atoms with van der Waals surface area (Å²) in [6.07, 6.45) is 2.01. The summed E-state index contributed by atoms with van der Waals surface area (Å²) in [7, 11) is 1.68. The average Bonchev–Trinajstić information content (AvgIpc) is 2.06.